The van der Waals surface area contributed by atoms with Crippen molar-refractivity contribution in [3.8, 4) is 5.75 Å². The van der Waals surface area contributed by atoms with E-state index in [1.165, 1.54) is 6.20 Å². The number of hydrogen-bond donors (Lipinski definition) is 1. The van der Waals surface area contributed by atoms with Crippen LogP contribution in [0.3, 0.4) is 0 Å². The van der Waals surface area contributed by atoms with Crippen LogP contribution in [-0.4, -0.2) is 52.6 Å². The van der Waals surface area contributed by atoms with E-state index in [9.17, 15) is 9.59 Å². The van der Waals surface area contributed by atoms with Crippen LogP contribution in [0.1, 0.15) is 46.2 Å². The highest BCUT2D eigenvalue weighted by Crippen LogP contribution is 2.19. The zero-order valence-electron chi connectivity index (χ0n) is 17.1. The van der Waals surface area contributed by atoms with Crippen molar-refractivity contribution in [1.29, 1.82) is 0 Å². The second-order valence-electron chi connectivity index (χ2n) is 7.34. The van der Waals surface area contributed by atoms with Crippen molar-refractivity contribution in [2.45, 2.75) is 32.7 Å². The predicted molar refractivity (Wildman–Crippen MR) is 111 cm³/mol. The maximum Gasteiger partial charge on any atom is 0.257 e. The Morgan fingerprint density at radius 1 is 1.20 bits per heavy atom. The Labute approximate surface area is 174 Å². The lowest BCUT2D eigenvalue weighted by Crippen LogP contribution is -2.46. The molecule has 0 bridgehead atoms. The molecule has 0 spiro atoms. The van der Waals surface area contributed by atoms with Crippen molar-refractivity contribution in [2.75, 3.05) is 19.7 Å². The minimum atomic E-state index is -0.179. The van der Waals surface area contributed by atoms with E-state index in [1.807, 2.05) is 30.9 Å². The number of aromatic nitrogens is 2. The smallest absolute Gasteiger partial charge is 0.257 e. The summed E-state index contributed by atoms with van der Waals surface area (Å²) in [6.07, 6.45) is 2.90. The van der Waals surface area contributed by atoms with Crippen molar-refractivity contribution in [1.82, 2.24) is 20.4 Å². The van der Waals surface area contributed by atoms with Crippen LogP contribution in [0.15, 0.2) is 41.1 Å². The molecule has 8 nitrogen and oxygen atoms in total. The minimum Gasteiger partial charge on any atom is -0.494 e. The molecule has 30 heavy (non-hydrogen) atoms. The number of ether oxygens (including phenoxy) is 1. The number of aryl methyl sites for hydroxylation is 1. The summed E-state index contributed by atoms with van der Waals surface area (Å²) in [7, 11) is 0. The third kappa shape index (κ3) is 4.12. The quantitative estimate of drug-likeness (QED) is 0.697. The summed E-state index contributed by atoms with van der Waals surface area (Å²) < 4.78 is 10.5. The normalized spacial score (nSPS) is 14.7. The summed E-state index contributed by atoms with van der Waals surface area (Å²) in [5.74, 6) is 0.575. The molecule has 156 valence electrons. The number of amides is 2. The molecular weight excluding hydrogens is 384 g/mol. The van der Waals surface area contributed by atoms with Crippen LogP contribution in [0.5, 0.6) is 5.75 Å². The van der Waals surface area contributed by atoms with Gasteiger partial charge in [0.25, 0.3) is 17.5 Å². The standard InChI is InChI=1S/C22H24N4O4/c1-3-29-18-6-4-15(5-7-18)22(28)26-10-8-17(9-11-26)24-20(27)16-12-19-14(2)25-30-21(19)23-13-16/h4-7,12-13,17H,3,8-11H2,1-2H3,(H,24,27). The summed E-state index contributed by atoms with van der Waals surface area (Å²) in [6.45, 7) is 5.52. The second kappa shape index (κ2) is 8.52. The molecule has 1 fully saturated rings. The van der Waals surface area contributed by atoms with Crippen LogP contribution in [0, 0.1) is 6.92 Å². The van der Waals surface area contributed by atoms with Gasteiger partial charge in [-0.05, 0) is 57.0 Å². The fourth-order valence-electron chi connectivity index (χ4n) is 3.61. The Morgan fingerprint density at radius 3 is 2.63 bits per heavy atom. The lowest BCUT2D eigenvalue weighted by molar-refractivity contribution is 0.0698. The minimum absolute atomic E-state index is 0.000379. The molecule has 3 heterocycles. The Hall–Kier alpha value is -3.42. The zero-order valence-corrected chi connectivity index (χ0v) is 17.1. The average molecular weight is 408 g/mol. The lowest BCUT2D eigenvalue weighted by Gasteiger charge is -2.32. The number of carbonyl (C=O) groups excluding carboxylic acids is 2. The highest BCUT2D eigenvalue weighted by Gasteiger charge is 2.25. The van der Waals surface area contributed by atoms with Gasteiger partial charge in [-0.3, -0.25) is 9.59 Å². The van der Waals surface area contributed by atoms with Gasteiger partial charge in [0, 0.05) is 30.9 Å². The molecule has 2 amide bonds. The average Bonchev–Trinajstić information content (AvgIpc) is 3.15. The first-order valence-corrected chi connectivity index (χ1v) is 10.1. The van der Waals surface area contributed by atoms with Crippen LogP contribution in [0.2, 0.25) is 0 Å². The molecule has 0 radical (unpaired) electrons. The number of benzene rings is 1. The van der Waals surface area contributed by atoms with Crippen LogP contribution < -0.4 is 10.1 Å². The van der Waals surface area contributed by atoms with E-state index in [2.05, 4.69) is 15.5 Å². The van der Waals surface area contributed by atoms with Crippen LogP contribution >= 0.6 is 0 Å². The first-order valence-electron chi connectivity index (χ1n) is 10.1. The number of piperidine rings is 1. The lowest BCUT2D eigenvalue weighted by atomic mass is 10.0. The molecule has 1 aromatic carbocycles. The van der Waals surface area contributed by atoms with Crippen LogP contribution in [0.25, 0.3) is 11.1 Å². The van der Waals surface area contributed by atoms with Gasteiger partial charge in [0.2, 0.25) is 0 Å². The molecule has 0 aliphatic carbocycles. The second-order valence-corrected chi connectivity index (χ2v) is 7.34. The van der Waals surface area contributed by atoms with E-state index in [1.54, 1.807) is 18.2 Å². The first kappa shape index (κ1) is 19.9. The fourth-order valence-corrected chi connectivity index (χ4v) is 3.61. The number of pyridine rings is 1. The maximum absolute atomic E-state index is 12.7. The van der Waals surface area contributed by atoms with E-state index < -0.39 is 0 Å². The topological polar surface area (TPSA) is 97.6 Å². The molecule has 0 saturated carbocycles. The maximum atomic E-state index is 12.7. The summed E-state index contributed by atoms with van der Waals surface area (Å²) in [6, 6.07) is 8.96. The Bertz CT molecular complexity index is 1050. The van der Waals surface area contributed by atoms with Gasteiger partial charge >= 0.3 is 0 Å². The third-order valence-corrected chi connectivity index (χ3v) is 5.30. The molecule has 4 rings (SSSR count). The monoisotopic (exact) mass is 408 g/mol. The van der Waals surface area contributed by atoms with Crippen LogP contribution in [-0.2, 0) is 0 Å². The van der Waals surface area contributed by atoms with E-state index in [-0.39, 0.29) is 17.9 Å². The molecule has 1 aliphatic rings. The molecule has 2 aromatic heterocycles. The molecular formula is C22H24N4O4. The highest BCUT2D eigenvalue weighted by molar-refractivity contribution is 5.97. The van der Waals surface area contributed by atoms with Crippen molar-refractivity contribution < 1.29 is 18.8 Å². The molecule has 1 aliphatic heterocycles. The fraction of sp³-hybridized carbons (Fsp3) is 0.364. The van der Waals surface area contributed by atoms with Gasteiger partial charge in [-0.1, -0.05) is 5.16 Å². The largest absolute Gasteiger partial charge is 0.494 e. The van der Waals surface area contributed by atoms with Crippen molar-refractivity contribution in [3.63, 3.8) is 0 Å². The van der Waals surface area contributed by atoms with E-state index in [0.29, 0.717) is 55.1 Å². The third-order valence-electron chi connectivity index (χ3n) is 5.30. The predicted octanol–water partition coefficient (Wildman–Crippen LogP) is 2.96. The van der Waals surface area contributed by atoms with Crippen molar-refractivity contribution in [2.24, 2.45) is 0 Å². The van der Waals surface area contributed by atoms with E-state index >= 15 is 0 Å². The summed E-state index contributed by atoms with van der Waals surface area (Å²) >= 11 is 0. The Morgan fingerprint density at radius 2 is 1.93 bits per heavy atom. The van der Waals surface area contributed by atoms with E-state index in [4.69, 9.17) is 9.26 Å². The zero-order chi connectivity index (χ0) is 21.1. The molecule has 1 saturated heterocycles. The van der Waals surface area contributed by atoms with Gasteiger partial charge in [-0.25, -0.2) is 4.98 Å². The van der Waals surface area contributed by atoms with E-state index in [0.717, 1.165) is 11.1 Å². The van der Waals surface area contributed by atoms with Gasteiger partial charge < -0.3 is 19.5 Å². The molecule has 1 N–H and O–H groups in total. The summed E-state index contributed by atoms with van der Waals surface area (Å²) in [5, 5.41) is 7.64. The Balaban J connectivity index is 1.33. The molecule has 8 heteroatoms. The van der Waals surface area contributed by atoms with Gasteiger partial charge in [-0.15, -0.1) is 0 Å². The van der Waals surface area contributed by atoms with Gasteiger partial charge in [0.1, 0.15) is 5.75 Å². The van der Waals surface area contributed by atoms with Crippen LogP contribution in [0.4, 0.5) is 0 Å². The number of fused-ring (bicyclic) bond motifs is 1. The van der Waals surface area contributed by atoms with Crippen molar-refractivity contribution >= 4 is 22.9 Å². The van der Waals surface area contributed by atoms with Gasteiger partial charge in [0.05, 0.1) is 23.3 Å². The Kier molecular flexibility index (Phi) is 5.65. The van der Waals surface area contributed by atoms with Gasteiger partial charge in [-0.2, -0.15) is 0 Å². The first-order chi connectivity index (χ1) is 14.5. The molecule has 0 unspecified atom stereocenters. The number of likely N-dealkylation sites (tertiary alicyclic amines) is 1. The highest BCUT2D eigenvalue weighted by atomic mass is 16.5. The SMILES string of the molecule is CCOc1ccc(C(=O)N2CCC(NC(=O)c3cnc4onc(C)c4c3)CC2)cc1. The number of nitrogens with one attached hydrogen (secondary N) is 1. The van der Waals surface area contributed by atoms with Crippen molar-refractivity contribution in [3.05, 3.63) is 53.3 Å². The number of nitrogens with zero attached hydrogens (tertiary/aromatic N) is 3. The number of carbonyl (C=O) groups is 2. The summed E-state index contributed by atoms with van der Waals surface area (Å²) in [4.78, 5) is 31.3. The molecule has 0 atom stereocenters. The number of hydrogen-bond acceptors (Lipinski definition) is 6. The molecule has 3 aromatic rings. The summed E-state index contributed by atoms with van der Waals surface area (Å²) in [5.41, 5.74) is 2.24. The number of rotatable bonds is 5. The van der Waals surface area contributed by atoms with Gasteiger partial charge in [0.15, 0.2) is 0 Å².